The summed E-state index contributed by atoms with van der Waals surface area (Å²) >= 11 is 5.85. The Morgan fingerprint density at radius 1 is 1.33 bits per heavy atom. The molecule has 0 aromatic carbocycles. The largest absolute Gasteiger partial charge is 0.436 e. The van der Waals surface area contributed by atoms with Gasteiger partial charge < -0.3 is 5.32 Å². The standard InChI is InChI=1S/C13H15ClF3N3O/c14-10-11(7-1-2-7)20(19-12(10)13(15,16)17)6-5-9(21)18-8-3-4-8/h7-8H,1-6H2,(H,18,21). The van der Waals surface area contributed by atoms with E-state index in [0.717, 1.165) is 25.7 Å². The summed E-state index contributed by atoms with van der Waals surface area (Å²) in [6.45, 7) is 0.125. The van der Waals surface area contributed by atoms with Crippen LogP contribution in [0.3, 0.4) is 0 Å². The van der Waals surface area contributed by atoms with Crippen LogP contribution in [0.1, 0.15) is 49.4 Å². The van der Waals surface area contributed by atoms with Crippen LogP contribution in [0.4, 0.5) is 13.2 Å². The average molecular weight is 322 g/mol. The van der Waals surface area contributed by atoms with Crippen LogP contribution in [0.25, 0.3) is 0 Å². The molecule has 1 amide bonds. The number of amides is 1. The Balaban J connectivity index is 1.75. The third-order valence-corrected chi connectivity index (χ3v) is 4.03. The molecule has 0 bridgehead atoms. The zero-order chi connectivity index (χ0) is 15.2. The SMILES string of the molecule is O=C(CCn1nc(C(F)(F)F)c(Cl)c1C1CC1)NC1CC1. The molecule has 0 atom stereocenters. The molecule has 0 unspecified atom stereocenters. The highest BCUT2D eigenvalue weighted by Crippen LogP contribution is 2.46. The van der Waals surface area contributed by atoms with E-state index in [2.05, 4.69) is 10.4 Å². The average Bonchev–Trinajstić information content (AvgIpc) is 3.27. The number of nitrogens with zero attached hydrogens (tertiary/aromatic N) is 2. The van der Waals surface area contributed by atoms with Crippen molar-refractivity contribution in [1.29, 1.82) is 0 Å². The summed E-state index contributed by atoms with van der Waals surface area (Å²) in [4.78, 5) is 11.6. The molecular weight excluding hydrogens is 307 g/mol. The maximum absolute atomic E-state index is 12.9. The lowest BCUT2D eigenvalue weighted by molar-refractivity contribution is -0.141. The van der Waals surface area contributed by atoms with E-state index in [4.69, 9.17) is 11.6 Å². The number of carbonyl (C=O) groups is 1. The summed E-state index contributed by atoms with van der Waals surface area (Å²) in [5.41, 5.74) is -0.628. The summed E-state index contributed by atoms with van der Waals surface area (Å²) in [7, 11) is 0. The number of hydrogen-bond acceptors (Lipinski definition) is 2. The second kappa shape index (κ2) is 5.19. The van der Waals surface area contributed by atoms with Crippen molar-refractivity contribution in [1.82, 2.24) is 15.1 Å². The van der Waals surface area contributed by atoms with Gasteiger partial charge in [-0.1, -0.05) is 11.6 Å². The molecule has 1 N–H and O–H groups in total. The lowest BCUT2D eigenvalue weighted by atomic mass is 10.2. The molecule has 21 heavy (non-hydrogen) atoms. The maximum atomic E-state index is 12.9. The first kappa shape index (κ1) is 14.7. The molecule has 116 valence electrons. The molecule has 1 aromatic rings. The maximum Gasteiger partial charge on any atom is 0.436 e. The fraction of sp³-hybridized carbons (Fsp3) is 0.692. The predicted octanol–water partition coefficient (Wildman–Crippen LogP) is 3.10. The molecule has 1 aromatic heterocycles. The normalized spacial score (nSPS) is 18.9. The van der Waals surface area contributed by atoms with Gasteiger partial charge in [-0.05, 0) is 25.7 Å². The lowest BCUT2D eigenvalue weighted by Gasteiger charge is -2.07. The molecule has 0 aliphatic heterocycles. The molecule has 1 heterocycles. The van der Waals surface area contributed by atoms with E-state index in [0.29, 0.717) is 5.69 Å². The monoisotopic (exact) mass is 321 g/mol. The highest BCUT2D eigenvalue weighted by Gasteiger charge is 2.42. The van der Waals surface area contributed by atoms with Crippen molar-refractivity contribution in [2.75, 3.05) is 0 Å². The molecule has 0 spiro atoms. The summed E-state index contributed by atoms with van der Waals surface area (Å²) < 4.78 is 39.9. The quantitative estimate of drug-likeness (QED) is 0.906. The highest BCUT2D eigenvalue weighted by atomic mass is 35.5. The minimum absolute atomic E-state index is 0.0348. The summed E-state index contributed by atoms with van der Waals surface area (Å²) in [6.07, 6.45) is -0.864. The first-order valence-corrected chi connectivity index (χ1v) is 7.37. The molecule has 4 nitrogen and oxygen atoms in total. The van der Waals surface area contributed by atoms with Crippen LogP contribution in [0.5, 0.6) is 0 Å². The molecular formula is C13H15ClF3N3O. The minimum atomic E-state index is -4.57. The van der Waals surface area contributed by atoms with Gasteiger partial charge in [0.2, 0.25) is 5.91 Å². The second-order valence-electron chi connectivity index (χ2n) is 5.63. The van der Waals surface area contributed by atoms with Gasteiger partial charge in [-0.15, -0.1) is 0 Å². The van der Waals surface area contributed by atoms with Crippen LogP contribution in [0.15, 0.2) is 0 Å². The van der Waals surface area contributed by atoms with Crippen LogP contribution in [-0.4, -0.2) is 21.7 Å². The Hall–Kier alpha value is -1.24. The number of carbonyl (C=O) groups excluding carboxylic acids is 1. The van der Waals surface area contributed by atoms with Crippen molar-refractivity contribution in [2.24, 2.45) is 0 Å². The van der Waals surface area contributed by atoms with E-state index in [1.165, 1.54) is 4.68 Å². The molecule has 2 aliphatic carbocycles. The van der Waals surface area contributed by atoms with Crippen molar-refractivity contribution in [2.45, 2.75) is 56.8 Å². The van der Waals surface area contributed by atoms with Crippen molar-refractivity contribution in [3.63, 3.8) is 0 Å². The Kier molecular flexibility index (Phi) is 3.63. The summed E-state index contributed by atoms with van der Waals surface area (Å²) in [5, 5.41) is 6.08. The van der Waals surface area contributed by atoms with Gasteiger partial charge in [0.25, 0.3) is 0 Å². The van der Waals surface area contributed by atoms with Gasteiger partial charge in [-0.25, -0.2) is 0 Å². The van der Waals surface area contributed by atoms with E-state index in [1.807, 2.05) is 0 Å². The summed E-state index contributed by atoms with van der Waals surface area (Å²) in [5.74, 6) is -0.118. The van der Waals surface area contributed by atoms with Crippen LogP contribution in [0, 0.1) is 0 Å². The lowest BCUT2D eigenvalue weighted by Crippen LogP contribution is -2.26. The predicted molar refractivity (Wildman–Crippen MR) is 70.0 cm³/mol. The van der Waals surface area contributed by atoms with E-state index >= 15 is 0 Å². The molecule has 2 saturated carbocycles. The van der Waals surface area contributed by atoms with Crippen LogP contribution in [0.2, 0.25) is 5.02 Å². The van der Waals surface area contributed by atoms with Gasteiger partial charge in [0.15, 0.2) is 5.69 Å². The Morgan fingerprint density at radius 3 is 2.52 bits per heavy atom. The van der Waals surface area contributed by atoms with Crippen molar-refractivity contribution in [3.05, 3.63) is 16.4 Å². The van der Waals surface area contributed by atoms with E-state index in [9.17, 15) is 18.0 Å². The van der Waals surface area contributed by atoms with Crippen molar-refractivity contribution < 1.29 is 18.0 Å². The number of hydrogen-bond donors (Lipinski definition) is 1. The number of aromatic nitrogens is 2. The fourth-order valence-electron chi connectivity index (χ4n) is 2.29. The zero-order valence-corrected chi connectivity index (χ0v) is 12.0. The van der Waals surface area contributed by atoms with Crippen LogP contribution < -0.4 is 5.32 Å². The number of halogens is 4. The van der Waals surface area contributed by atoms with Gasteiger partial charge in [-0.3, -0.25) is 9.48 Å². The number of nitrogens with one attached hydrogen (secondary N) is 1. The molecule has 8 heteroatoms. The van der Waals surface area contributed by atoms with Gasteiger partial charge in [0, 0.05) is 18.4 Å². The number of alkyl halides is 3. The van der Waals surface area contributed by atoms with E-state index in [1.54, 1.807) is 0 Å². The smallest absolute Gasteiger partial charge is 0.353 e. The van der Waals surface area contributed by atoms with Gasteiger partial charge in [0.05, 0.1) is 17.3 Å². The molecule has 0 radical (unpaired) electrons. The van der Waals surface area contributed by atoms with Gasteiger partial charge >= 0.3 is 6.18 Å². The Labute approximate surface area is 124 Å². The third-order valence-electron chi connectivity index (χ3n) is 3.66. The minimum Gasteiger partial charge on any atom is -0.353 e. The first-order valence-electron chi connectivity index (χ1n) is 6.99. The Morgan fingerprint density at radius 2 is 2.00 bits per heavy atom. The first-order chi connectivity index (χ1) is 9.86. The third kappa shape index (κ3) is 3.33. The number of rotatable bonds is 5. The van der Waals surface area contributed by atoms with E-state index in [-0.39, 0.29) is 35.9 Å². The van der Waals surface area contributed by atoms with Crippen molar-refractivity contribution in [3.8, 4) is 0 Å². The van der Waals surface area contributed by atoms with Gasteiger partial charge in [-0.2, -0.15) is 18.3 Å². The van der Waals surface area contributed by atoms with Gasteiger partial charge in [0.1, 0.15) is 0 Å². The van der Waals surface area contributed by atoms with Crippen molar-refractivity contribution >= 4 is 17.5 Å². The molecule has 3 rings (SSSR count). The number of aryl methyl sites for hydroxylation is 1. The topological polar surface area (TPSA) is 46.9 Å². The second-order valence-corrected chi connectivity index (χ2v) is 6.01. The molecule has 2 aliphatic rings. The Bertz CT molecular complexity index is 562. The fourth-order valence-corrected chi connectivity index (χ4v) is 2.68. The van der Waals surface area contributed by atoms with Crippen LogP contribution in [-0.2, 0) is 17.5 Å². The molecule has 0 saturated heterocycles. The highest BCUT2D eigenvalue weighted by molar-refractivity contribution is 6.32. The van der Waals surface area contributed by atoms with Crippen LogP contribution >= 0.6 is 11.6 Å². The molecule has 2 fully saturated rings. The summed E-state index contributed by atoms with van der Waals surface area (Å²) in [6, 6.07) is 0.243. The zero-order valence-electron chi connectivity index (χ0n) is 11.2. The van der Waals surface area contributed by atoms with E-state index < -0.39 is 11.9 Å².